The van der Waals surface area contributed by atoms with Crippen LogP contribution < -0.4 is 10.2 Å². The van der Waals surface area contributed by atoms with Gasteiger partial charge >= 0.3 is 0 Å². The third-order valence-corrected chi connectivity index (χ3v) is 3.66. The van der Waals surface area contributed by atoms with Crippen molar-refractivity contribution in [2.75, 3.05) is 0 Å². The fraction of sp³-hybridized carbons (Fsp3) is 0.176. The van der Waals surface area contributed by atoms with Gasteiger partial charge in [-0.1, -0.05) is 0 Å². The number of hydrogen-bond donors (Lipinski definition) is 1. The highest BCUT2D eigenvalue weighted by Gasteiger charge is 2.08. The first-order valence-corrected chi connectivity index (χ1v) is 8.20. The number of non-ortho nitro benzene ring substituents is 1. The van der Waals surface area contributed by atoms with Crippen molar-refractivity contribution in [3.05, 3.63) is 68.2 Å². The fourth-order valence-electron chi connectivity index (χ4n) is 1.91. The Bertz CT molecular complexity index is 804. The standard InChI is InChI=1S/C17H16BrN3O4/c1-11(2)25-16-8-3-12(9-15(16)18)10-19-20-17(22)13-4-6-14(7-5-13)21(23)24/h3-11H,1-2H3,(H,20,22)/b19-10+. The highest BCUT2D eigenvalue weighted by molar-refractivity contribution is 9.10. The zero-order chi connectivity index (χ0) is 18.4. The Morgan fingerprint density at radius 1 is 1.28 bits per heavy atom. The van der Waals surface area contributed by atoms with Crippen molar-refractivity contribution < 1.29 is 14.5 Å². The summed E-state index contributed by atoms with van der Waals surface area (Å²) in [5, 5.41) is 14.5. The normalized spacial score (nSPS) is 10.9. The number of hydrazone groups is 1. The van der Waals surface area contributed by atoms with Crippen molar-refractivity contribution in [2.24, 2.45) is 5.10 Å². The Kier molecular flexibility index (Phi) is 6.24. The first-order valence-electron chi connectivity index (χ1n) is 7.41. The number of ether oxygens (including phenoxy) is 1. The van der Waals surface area contributed by atoms with Crippen LogP contribution in [0, 0.1) is 10.1 Å². The molecule has 2 aromatic rings. The number of nitro groups is 1. The number of benzene rings is 2. The molecule has 2 aromatic carbocycles. The van der Waals surface area contributed by atoms with Gasteiger partial charge in [0.1, 0.15) is 5.75 Å². The highest BCUT2D eigenvalue weighted by atomic mass is 79.9. The van der Waals surface area contributed by atoms with Crippen molar-refractivity contribution >= 4 is 33.7 Å². The van der Waals surface area contributed by atoms with Crippen LogP contribution in [-0.4, -0.2) is 23.1 Å². The van der Waals surface area contributed by atoms with Gasteiger partial charge < -0.3 is 4.74 Å². The lowest BCUT2D eigenvalue weighted by Gasteiger charge is -2.11. The third kappa shape index (κ3) is 5.39. The summed E-state index contributed by atoms with van der Waals surface area (Å²) in [6, 6.07) is 10.7. The SMILES string of the molecule is CC(C)Oc1ccc(/C=N/NC(=O)c2ccc([N+](=O)[O-])cc2)cc1Br. The van der Waals surface area contributed by atoms with Crippen LogP contribution in [0.5, 0.6) is 5.75 Å². The first-order chi connectivity index (χ1) is 11.9. The number of nitrogens with one attached hydrogen (secondary N) is 1. The molecule has 0 saturated carbocycles. The minimum Gasteiger partial charge on any atom is -0.490 e. The van der Waals surface area contributed by atoms with Crippen LogP contribution in [-0.2, 0) is 0 Å². The van der Waals surface area contributed by atoms with Gasteiger partial charge in [0.25, 0.3) is 11.6 Å². The van der Waals surface area contributed by atoms with Crippen LogP contribution in [0.25, 0.3) is 0 Å². The van der Waals surface area contributed by atoms with Gasteiger partial charge in [0, 0.05) is 17.7 Å². The summed E-state index contributed by atoms with van der Waals surface area (Å²) in [6.07, 6.45) is 1.56. The molecular weight excluding hydrogens is 390 g/mol. The maximum Gasteiger partial charge on any atom is 0.271 e. The molecular formula is C17H16BrN3O4. The van der Waals surface area contributed by atoms with Crippen molar-refractivity contribution in [3.8, 4) is 5.75 Å². The van der Waals surface area contributed by atoms with Crippen molar-refractivity contribution in [1.29, 1.82) is 0 Å². The van der Waals surface area contributed by atoms with E-state index in [1.54, 1.807) is 0 Å². The average molecular weight is 406 g/mol. The Hall–Kier alpha value is -2.74. The lowest BCUT2D eigenvalue weighted by atomic mass is 10.2. The van der Waals surface area contributed by atoms with Crippen LogP contribution >= 0.6 is 15.9 Å². The smallest absolute Gasteiger partial charge is 0.271 e. The van der Waals surface area contributed by atoms with E-state index in [1.165, 1.54) is 30.5 Å². The van der Waals surface area contributed by atoms with Crippen molar-refractivity contribution in [3.63, 3.8) is 0 Å². The second-order valence-corrected chi connectivity index (χ2v) is 6.21. The molecule has 0 fully saturated rings. The zero-order valence-electron chi connectivity index (χ0n) is 13.6. The van der Waals surface area contributed by atoms with Crippen LogP contribution in [0.2, 0.25) is 0 Å². The third-order valence-electron chi connectivity index (χ3n) is 3.04. The predicted octanol–water partition coefficient (Wildman–Crippen LogP) is 3.91. The summed E-state index contributed by atoms with van der Waals surface area (Å²) in [5.74, 6) is 0.270. The Morgan fingerprint density at radius 3 is 2.52 bits per heavy atom. The Morgan fingerprint density at radius 2 is 1.96 bits per heavy atom. The van der Waals surface area contributed by atoms with Crippen molar-refractivity contribution in [2.45, 2.75) is 20.0 Å². The monoisotopic (exact) mass is 405 g/mol. The molecule has 0 aromatic heterocycles. The largest absolute Gasteiger partial charge is 0.490 e. The topological polar surface area (TPSA) is 93.8 Å². The molecule has 8 heteroatoms. The quantitative estimate of drug-likeness (QED) is 0.447. The van der Waals surface area contributed by atoms with E-state index in [-0.39, 0.29) is 17.4 Å². The molecule has 0 radical (unpaired) electrons. The molecule has 0 aliphatic rings. The number of halogens is 1. The molecule has 0 heterocycles. The molecule has 0 aliphatic carbocycles. The molecule has 0 bridgehead atoms. The van der Waals surface area contributed by atoms with E-state index < -0.39 is 10.8 Å². The molecule has 0 spiro atoms. The molecule has 2 rings (SSSR count). The molecule has 1 amide bonds. The molecule has 130 valence electrons. The van der Waals surface area contributed by atoms with Gasteiger partial charge in [0.2, 0.25) is 0 Å². The van der Waals surface area contributed by atoms with Gasteiger partial charge in [-0.25, -0.2) is 5.43 Å². The summed E-state index contributed by atoms with van der Waals surface area (Å²) < 4.78 is 6.40. The Balaban J connectivity index is 1.99. The van der Waals surface area contributed by atoms with Gasteiger partial charge in [-0.05, 0) is 65.7 Å². The van der Waals surface area contributed by atoms with E-state index in [0.29, 0.717) is 0 Å². The molecule has 7 nitrogen and oxygen atoms in total. The van der Waals surface area contributed by atoms with Gasteiger partial charge in [-0.2, -0.15) is 5.10 Å². The first kappa shape index (κ1) is 18.6. The lowest BCUT2D eigenvalue weighted by Crippen LogP contribution is -2.17. The van der Waals surface area contributed by atoms with Crippen LogP contribution in [0.3, 0.4) is 0 Å². The number of carbonyl (C=O) groups is 1. The molecule has 0 saturated heterocycles. The Labute approximate surface area is 153 Å². The summed E-state index contributed by atoms with van der Waals surface area (Å²) in [7, 11) is 0. The van der Waals surface area contributed by atoms with Gasteiger partial charge in [-0.3, -0.25) is 14.9 Å². The highest BCUT2D eigenvalue weighted by Crippen LogP contribution is 2.26. The number of hydrogen-bond acceptors (Lipinski definition) is 5. The summed E-state index contributed by atoms with van der Waals surface area (Å²) in [5.41, 5.74) is 3.35. The second kappa shape index (κ2) is 8.39. The van der Waals surface area contributed by atoms with Crippen LogP contribution in [0.4, 0.5) is 5.69 Å². The van der Waals surface area contributed by atoms with Gasteiger partial charge in [0.15, 0.2) is 0 Å². The number of rotatable bonds is 6. The van der Waals surface area contributed by atoms with E-state index in [1.807, 2.05) is 32.0 Å². The minimum absolute atomic E-state index is 0.0665. The van der Waals surface area contributed by atoms with Crippen LogP contribution in [0.15, 0.2) is 52.0 Å². The molecule has 0 unspecified atom stereocenters. The number of nitro benzene ring substituents is 1. The zero-order valence-corrected chi connectivity index (χ0v) is 15.2. The minimum atomic E-state index is -0.523. The number of amides is 1. The molecule has 25 heavy (non-hydrogen) atoms. The summed E-state index contributed by atoms with van der Waals surface area (Å²) >= 11 is 3.42. The second-order valence-electron chi connectivity index (χ2n) is 5.36. The van der Waals surface area contributed by atoms with E-state index in [0.717, 1.165) is 15.8 Å². The van der Waals surface area contributed by atoms with E-state index in [4.69, 9.17) is 4.74 Å². The van der Waals surface area contributed by atoms with Crippen molar-refractivity contribution in [1.82, 2.24) is 5.43 Å². The van der Waals surface area contributed by atoms with Gasteiger partial charge in [-0.15, -0.1) is 0 Å². The molecule has 0 atom stereocenters. The maximum absolute atomic E-state index is 11.9. The van der Waals surface area contributed by atoms with Crippen LogP contribution in [0.1, 0.15) is 29.8 Å². The average Bonchev–Trinajstić information content (AvgIpc) is 2.57. The number of nitrogens with zero attached hydrogens (tertiary/aromatic N) is 2. The maximum atomic E-state index is 11.9. The van der Waals surface area contributed by atoms with E-state index in [9.17, 15) is 14.9 Å². The predicted molar refractivity (Wildman–Crippen MR) is 98.1 cm³/mol. The van der Waals surface area contributed by atoms with E-state index in [2.05, 4.69) is 26.5 Å². The molecule has 0 aliphatic heterocycles. The summed E-state index contributed by atoms with van der Waals surface area (Å²) in [4.78, 5) is 22.0. The van der Waals surface area contributed by atoms with Gasteiger partial charge in [0.05, 0.1) is 21.7 Å². The number of carbonyl (C=O) groups excluding carboxylic acids is 1. The molecule has 1 N–H and O–H groups in total. The lowest BCUT2D eigenvalue weighted by molar-refractivity contribution is -0.384. The van der Waals surface area contributed by atoms with E-state index >= 15 is 0 Å². The fourth-order valence-corrected chi connectivity index (χ4v) is 2.40. The summed E-state index contributed by atoms with van der Waals surface area (Å²) in [6.45, 7) is 3.88.